The summed E-state index contributed by atoms with van der Waals surface area (Å²) in [5.41, 5.74) is 2.94. The Bertz CT molecular complexity index is 1010. The van der Waals surface area contributed by atoms with Gasteiger partial charge in [0.25, 0.3) is 11.5 Å². The molecule has 0 unspecified atom stereocenters. The van der Waals surface area contributed by atoms with Crippen molar-refractivity contribution in [3.63, 3.8) is 0 Å². The maximum Gasteiger partial charge on any atom is 0.269 e. The molecule has 8 heteroatoms. The van der Waals surface area contributed by atoms with Crippen molar-refractivity contribution < 1.29 is 4.79 Å². The van der Waals surface area contributed by atoms with Crippen molar-refractivity contribution in [3.8, 4) is 0 Å². The molecule has 0 N–H and O–H groups in total. The zero-order chi connectivity index (χ0) is 19.8. The molecule has 1 aromatic rings. The van der Waals surface area contributed by atoms with Gasteiger partial charge in [0, 0.05) is 33.0 Å². The Morgan fingerprint density at radius 2 is 1.81 bits per heavy atom. The van der Waals surface area contributed by atoms with Crippen LogP contribution in [0.1, 0.15) is 27.7 Å². The molecule has 0 saturated carbocycles. The van der Waals surface area contributed by atoms with Crippen LogP contribution in [0.4, 0.5) is 0 Å². The van der Waals surface area contributed by atoms with Gasteiger partial charge in [-0.1, -0.05) is 30.1 Å². The Hall–Kier alpha value is -1.64. The Morgan fingerprint density at radius 1 is 1.19 bits per heavy atom. The van der Waals surface area contributed by atoms with Crippen molar-refractivity contribution in [2.45, 2.75) is 27.7 Å². The van der Waals surface area contributed by atoms with E-state index in [0.717, 1.165) is 16.8 Å². The first-order chi connectivity index (χ1) is 12.1. The van der Waals surface area contributed by atoms with Gasteiger partial charge in [-0.3, -0.25) is 14.5 Å². The summed E-state index contributed by atoms with van der Waals surface area (Å²) in [6, 6.07) is 0. The average Bonchev–Trinajstić information content (AvgIpc) is 3.04. The lowest BCUT2D eigenvalue weighted by atomic mass is 10.1. The first-order valence-corrected chi connectivity index (χ1v) is 10.1. The third kappa shape index (κ3) is 3.72. The largest absolute Gasteiger partial charge is 0.355 e. The Labute approximate surface area is 167 Å². The maximum absolute atomic E-state index is 12.8. The topological polar surface area (TPSA) is 45.5 Å². The van der Waals surface area contributed by atoms with Crippen LogP contribution in [0.3, 0.4) is 0 Å². The normalized spacial score (nSPS) is 19.4. The molecule has 140 valence electrons. The highest BCUT2D eigenvalue weighted by Crippen LogP contribution is 2.29. The molecular weight excluding hydrogens is 386 g/mol. The second-order valence-electron chi connectivity index (χ2n) is 6.14. The molecule has 1 aliphatic heterocycles. The second kappa shape index (κ2) is 7.94. The van der Waals surface area contributed by atoms with E-state index < -0.39 is 0 Å². The summed E-state index contributed by atoms with van der Waals surface area (Å²) in [5.74, 6) is -0.156. The number of amides is 1. The minimum atomic E-state index is -0.156. The number of rotatable bonds is 3. The van der Waals surface area contributed by atoms with E-state index >= 15 is 0 Å². The Kier molecular flexibility index (Phi) is 6.31. The second-order valence-corrected chi connectivity index (χ2v) is 8.78. The van der Waals surface area contributed by atoms with Crippen molar-refractivity contribution in [1.29, 1.82) is 0 Å². The number of hydrogen-bond donors (Lipinski definition) is 0. The number of thioether (sulfide) groups is 1. The van der Waals surface area contributed by atoms with Gasteiger partial charge in [0.05, 0.1) is 4.53 Å². The number of hydrogen-bond acceptors (Lipinski definition) is 6. The van der Waals surface area contributed by atoms with E-state index in [9.17, 15) is 9.59 Å². The van der Waals surface area contributed by atoms with E-state index in [4.69, 9.17) is 12.2 Å². The van der Waals surface area contributed by atoms with E-state index in [0.29, 0.717) is 18.4 Å². The first-order valence-electron chi connectivity index (χ1n) is 8.05. The van der Waals surface area contributed by atoms with Crippen LogP contribution in [0.15, 0.2) is 28.3 Å². The van der Waals surface area contributed by atoms with Crippen molar-refractivity contribution in [2.75, 3.05) is 14.1 Å². The molecule has 2 rings (SSSR count). The van der Waals surface area contributed by atoms with E-state index in [1.807, 2.05) is 51.9 Å². The molecule has 0 aromatic carbocycles. The fraction of sp³-hybridized carbons (Fsp3) is 0.389. The fourth-order valence-corrected chi connectivity index (χ4v) is 4.89. The lowest BCUT2D eigenvalue weighted by Gasteiger charge is -2.16. The van der Waals surface area contributed by atoms with Crippen molar-refractivity contribution in [3.05, 3.63) is 43.1 Å². The lowest BCUT2D eigenvalue weighted by molar-refractivity contribution is -0.119. The highest BCUT2D eigenvalue weighted by Gasteiger charge is 2.31. The number of thiocarbonyl (C=S) groups is 1. The smallest absolute Gasteiger partial charge is 0.269 e. The molecule has 0 aliphatic carbocycles. The Morgan fingerprint density at radius 3 is 2.31 bits per heavy atom. The van der Waals surface area contributed by atoms with Gasteiger partial charge in [-0.15, -0.1) is 11.3 Å². The molecule has 5 nitrogen and oxygen atoms in total. The molecule has 1 amide bonds. The molecule has 0 radical (unpaired) electrons. The fourth-order valence-electron chi connectivity index (χ4n) is 2.33. The van der Waals surface area contributed by atoms with Crippen LogP contribution < -0.4 is 14.8 Å². The summed E-state index contributed by atoms with van der Waals surface area (Å²) in [7, 11) is 5.33. The van der Waals surface area contributed by atoms with Gasteiger partial charge in [0.15, 0.2) is 0 Å². The molecular formula is C18H23N3O2S3. The zero-order valence-electron chi connectivity index (χ0n) is 16.0. The predicted octanol–water partition coefficient (Wildman–Crippen LogP) is 1.98. The third-order valence-corrected chi connectivity index (χ3v) is 7.48. The lowest BCUT2D eigenvalue weighted by Crippen LogP contribution is -2.31. The van der Waals surface area contributed by atoms with Crippen LogP contribution in [0, 0.1) is 0 Å². The van der Waals surface area contributed by atoms with Gasteiger partial charge in [-0.2, -0.15) is 0 Å². The van der Waals surface area contributed by atoms with Gasteiger partial charge >= 0.3 is 0 Å². The summed E-state index contributed by atoms with van der Waals surface area (Å²) in [6.07, 6.45) is 4.04. The van der Waals surface area contributed by atoms with Gasteiger partial charge in [-0.25, -0.2) is 0 Å². The molecule has 26 heavy (non-hydrogen) atoms. The molecule has 0 bridgehead atoms. The molecule has 0 spiro atoms. The van der Waals surface area contributed by atoms with Crippen LogP contribution >= 0.6 is 35.3 Å². The summed E-state index contributed by atoms with van der Waals surface area (Å²) < 4.78 is 3.34. The van der Waals surface area contributed by atoms with Crippen molar-refractivity contribution in [1.82, 2.24) is 14.4 Å². The summed E-state index contributed by atoms with van der Waals surface area (Å²) in [6.45, 7) is 7.94. The number of aromatic nitrogens is 1. The quantitative estimate of drug-likeness (QED) is 0.715. The highest BCUT2D eigenvalue weighted by molar-refractivity contribution is 8.30. The van der Waals surface area contributed by atoms with Crippen LogP contribution in [-0.2, 0) is 11.8 Å². The molecule has 0 atom stereocenters. The first kappa shape index (κ1) is 20.7. The van der Waals surface area contributed by atoms with Gasteiger partial charge in [0.1, 0.15) is 13.9 Å². The van der Waals surface area contributed by atoms with Gasteiger partial charge in [0.2, 0.25) is 0 Å². The Balaban J connectivity index is 2.69. The van der Waals surface area contributed by atoms with E-state index in [2.05, 4.69) is 0 Å². The molecule has 1 aliphatic rings. The summed E-state index contributed by atoms with van der Waals surface area (Å²) in [4.78, 5) is 29.1. The highest BCUT2D eigenvalue weighted by atomic mass is 32.2. The molecule has 2 heterocycles. The minimum Gasteiger partial charge on any atom is -0.355 e. The SMILES string of the molecule is CC=C(C)N(C)C=C(C)C(C)=c1s/c(=C2\SC(=S)N(C)C2=O)n(C)c1=O. The van der Waals surface area contributed by atoms with E-state index in [-0.39, 0.29) is 11.5 Å². The van der Waals surface area contributed by atoms with Crippen LogP contribution in [-0.4, -0.2) is 38.7 Å². The summed E-state index contributed by atoms with van der Waals surface area (Å²) in [5, 5.41) is 0. The van der Waals surface area contributed by atoms with Crippen molar-refractivity contribution in [2.24, 2.45) is 7.05 Å². The number of nitrogens with zero attached hydrogens (tertiary/aromatic N) is 3. The minimum absolute atomic E-state index is 0.0953. The van der Waals surface area contributed by atoms with Crippen LogP contribution in [0.5, 0.6) is 0 Å². The number of thiazole rings is 1. The predicted molar refractivity (Wildman–Crippen MR) is 115 cm³/mol. The van der Waals surface area contributed by atoms with Gasteiger partial charge < -0.3 is 9.47 Å². The number of allylic oxidation sites excluding steroid dienone is 3. The van der Waals surface area contributed by atoms with Crippen molar-refractivity contribution >= 4 is 56.0 Å². The maximum atomic E-state index is 12.8. The zero-order valence-corrected chi connectivity index (χ0v) is 18.5. The standard InChI is InChI=1S/C18H23N3O2S3/c1-8-11(3)19(5)9-10(2)12(4)13-15(22)20(6)17(25-13)14-16(23)21(7)18(24)26-14/h8-9H,1-7H3/b10-9?,11-8?,13-12?,17-14-. The molecule has 1 saturated heterocycles. The monoisotopic (exact) mass is 409 g/mol. The van der Waals surface area contributed by atoms with Crippen LogP contribution in [0.2, 0.25) is 0 Å². The van der Waals surface area contributed by atoms with Crippen LogP contribution in [0.25, 0.3) is 10.5 Å². The molecule has 1 fully saturated rings. The van der Waals surface area contributed by atoms with E-state index in [1.165, 1.54) is 28.0 Å². The third-order valence-electron chi connectivity index (χ3n) is 4.45. The van der Waals surface area contributed by atoms with E-state index in [1.54, 1.807) is 18.7 Å². The average molecular weight is 410 g/mol. The summed E-state index contributed by atoms with van der Waals surface area (Å²) >= 11 is 7.78. The number of carbonyl (C=O) groups is 1. The van der Waals surface area contributed by atoms with Gasteiger partial charge in [-0.05, 0) is 38.8 Å². The molecule has 1 aromatic heterocycles. The number of carbonyl (C=O) groups excluding carboxylic acids is 1.